The maximum Gasteiger partial charge on any atom is 0.254 e. The highest BCUT2D eigenvalue weighted by Crippen LogP contribution is 2.24. The summed E-state index contributed by atoms with van der Waals surface area (Å²) in [5.41, 5.74) is 0.979. The fourth-order valence-electron chi connectivity index (χ4n) is 3.14. The van der Waals surface area contributed by atoms with E-state index in [1.54, 1.807) is 19.2 Å². The van der Waals surface area contributed by atoms with E-state index in [1.165, 1.54) is 15.3 Å². The fourth-order valence-corrected chi connectivity index (χ4v) is 4.87. The molecule has 3 rings (SSSR count). The Balaban J connectivity index is 1.86. The molecule has 0 radical (unpaired) electrons. The van der Waals surface area contributed by atoms with E-state index < -0.39 is 10.0 Å². The number of carbonyl (C=O) groups excluding carboxylic acids is 1. The second kappa shape index (κ2) is 9.02. The van der Waals surface area contributed by atoms with Crippen molar-refractivity contribution in [2.75, 3.05) is 33.4 Å². The maximum absolute atomic E-state index is 13.2. The Morgan fingerprint density at radius 2 is 1.93 bits per heavy atom. The van der Waals surface area contributed by atoms with Gasteiger partial charge in [-0.1, -0.05) is 25.1 Å². The van der Waals surface area contributed by atoms with E-state index in [4.69, 9.17) is 9.26 Å². The zero-order valence-corrected chi connectivity index (χ0v) is 17.7. The lowest BCUT2D eigenvalue weighted by Crippen LogP contribution is -2.41. The number of benzene rings is 1. The largest absolute Gasteiger partial charge is 0.379 e. The Morgan fingerprint density at radius 3 is 2.55 bits per heavy atom. The maximum atomic E-state index is 13.2. The molecule has 29 heavy (non-hydrogen) atoms. The van der Waals surface area contributed by atoms with E-state index in [1.807, 2.05) is 13.8 Å². The summed E-state index contributed by atoms with van der Waals surface area (Å²) in [4.78, 5) is 18.7. The molecule has 1 aromatic heterocycles. The number of rotatable bonds is 7. The van der Waals surface area contributed by atoms with Gasteiger partial charge >= 0.3 is 0 Å². The number of hydrogen-bond donors (Lipinski definition) is 0. The predicted molar refractivity (Wildman–Crippen MR) is 105 cm³/mol. The van der Waals surface area contributed by atoms with Gasteiger partial charge in [-0.3, -0.25) is 4.79 Å². The molecule has 158 valence electrons. The molecule has 0 saturated carbocycles. The molecular weight excluding hydrogens is 396 g/mol. The van der Waals surface area contributed by atoms with Gasteiger partial charge in [0.25, 0.3) is 5.91 Å². The molecule has 10 heteroatoms. The van der Waals surface area contributed by atoms with Crippen molar-refractivity contribution >= 4 is 15.9 Å². The molecule has 1 amide bonds. The minimum Gasteiger partial charge on any atom is -0.379 e. The monoisotopic (exact) mass is 422 g/mol. The fraction of sp³-hybridized carbons (Fsp3) is 0.526. The van der Waals surface area contributed by atoms with Gasteiger partial charge in [0.2, 0.25) is 15.9 Å². The molecular formula is C19H26N4O5S. The van der Waals surface area contributed by atoms with E-state index in [9.17, 15) is 13.2 Å². The second-order valence-corrected chi connectivity index (χ2v) is 8.72. The molecule has 2 heterocycles. The lowest BCUT2D eigenvalue weighted by Gasteiger charge is -2.27. The average molecular weight is 423 g/mol. The molecule has 0 bridgehead atoms. The summed E-state index contributed by atoms with van der Waals surface area (Å²) in [5, 5.41) is 3.82. The van der Waals surface area contributed by atoms with Crippen LogP contribution in [0.1, 0.15) is 41.5 Å². The second-order valence-electron chi connectivity index (χ2n) is 6.81. The van der Waals surface area contributed by atoms with Crippen molar-refractivity contribution in [2.45, 2.75) is 38.1 Å². The van der Waals surface area contributed by atoms with E-state index in [-0.39, 0.29) is 17.3 Å². The third-order valence-electron chi connectivity index (χ3n) is 4.83. The molecule has 0 spiro atoms. The van der Waals surface area contributed by atoms with Crippen molar-refractivity contribution in [1.29, 1.82) is 0 Å². The van der Waals surface area contributed by atoms with Crippen molar-refractivity contribution in [3.05, 3.63) is 41.0 Å². The van der Waals surface area contributed by atoms with Crippen LogP contribution in [0.2, 0.25) is 0 Å². The zero-order chi connectivity index (χ0) is 21.0. The Hall–Kier alpha value is -2.30. The lowest BCUT2D eigenvalue weighted by atomic mass is 10.1. The van der Waals surface area contributed by atoms with Crippen LogP contribution in [0.4, 0.5) is 0 Å². The SMILES string of the molecule is CCc1noc(CN(C)C(=O)c2ccc(CC)c(S(=O)(=O)N3CCOCC3)c2)n1. The molecule has 1 fully saturated rings. The van der Waals surface area contributed by atoms with E-state index >= 15 is 0 Å². The summed E-state index contributed by atoms with van der Waals surface area (Å²) in [7, 11) is -2.09. The summed E-state index contributed by atoms with van der Waals surface area (Å²) < 4.78 is 38.1. The number of hydrogen-bond acceptors (Lipinski definition) is 7. The summed E-state index contributed by atoms with van der Waals surface area (Å²) in [6.45, 7) is 5.29. The van der Waals surface area contributed by atoms with Gasteiger partial charge in [0.05, 0.1) is 24.7 Å². The van der Waals surface area contributed by atoms with Gasteiger partial charge in [0.1, 0.15) is 0 Å². The Labute approximate surface area is 170 Å². The number of carbonyl (C=O) groups is 1. The molecule has 0 aliphatic carbocycles. The predicted octanol–water partition coefficient (Wildman–Crippen LogP) is 1.49. The summed E-state index contributed by atoms with van der Waals surface area (Å²) in [6, 6.07) is 4.82. The zero-order valence-electron chi connectivity index (χ0n) is 16.9. The molecule has 1 saturated heterocycles. The van der Waals surface area contributed by atoms with Crippen molar-refractivity contribution in [1.82, 2.24) is 19.3 Å². The van der Waals surface area contributed by atoms with Crippen LogP contribution in [-0.4, -0.2) is 67.0 Å². The van der Waals surface area contributed by atoms with Gasteiger partial charge in [-0.15, -0.1) is 0 Å². The van der Waals surface area contributed by atoms with Crippen molar-refractivity contribution in [3.8, 4) is 0 Å². The summed E-state index contributed by atoms with van der Waals surface area (Å²) in [6.07, 6.45) is 1.19. The molecule has 0 atom stereocenters. The van der Waals surface area contributed by atoms with E-state index in [0.717, 1.165) is 0 Å². The molecule has 9 nitrogen and oxygen atoms in total. The molecule has 1 aliphatic rings. The van der Waals surface area contributed by atoms with Crippen LogP contribution in [0.5, 0.6) is 0 Å². The first-order chi connectivity index (χ1) is 13.9. The first kappa shape index (κ1) is 21.4. The van der Waals surface area contributed by atoms with Crippen LogP contribution in [0.3, 0.4) is 0 Å². The number of morpholine rings is 1. The van der Waals surface area contributed by atoms with E-state index in [0.29, 0.717) is 62.0 Å². The van der Waals surface area contributed by atoms with Crippen molar-refractivity contribution in [3.63, 3.8) is 0 Å². The van der Waals surface area contributed by atoms with Crippen LogP contribution >= 0.6 is 0 Å². The van der Waals surface area contributed by atoms with Crippen LogP contribution in [0, 0.1) is 0 Å². The minimum atomic E-state index is -3.70. The Kier molecular flexibility index (Phi) is 6.66. The summed E-state index contributed by atoms with van der Waals surface area (Å²) >= 11 is 0. The number of ether oxygens (including phenoxy) is 1. The third-order valence-corrected chi connectivity index (χ3v) is 6.81. The van der Waals surface area contributed by atoms with Gasteiger partial charge in [-0.25, -0.2) is 8.42 Å². The highest BCUT2D eigenvalue weighted by atomic mass is 32.2. The number of aromatic nitrogens is 2. The Morgan fingerprint density at radius 1 is 1.21 bits per heavy atom. The van der Waals surface area contributed by atoms with E-state index in [2.05, 4.69) is 10.1 Å². The average Bonchev–Trinajstić information content (AvgIpc) is 3.20. The van der Waals surface area contributed by atoms with Crippen LogP contribution in [0.25, 0.3) is 0 Å². The molecule has 0 unspecified atom stereocenters. The minimum absolute atomic E-state index is 0.146. The number of aryl methyl sites for hydroxylation is 2. The van der Waals surface area contributed by atoms with Crippen LogP contribution in [0.15, 0.2) is 27.6 Å². The van der Waals surface area contributed by atoms with Crippen molar-refractivity contribution in [2.24, 2.45) is 0 Å². The standard InChI is InChI=1S/C19H26N4O5S/c1-4-14-6-7-15(12-16(14)29(25,26)23-8-10-27-11-9-23)19(24)22(3)13-18-20-17(5-2)21-28-18/h6-7,12H,4-5,8-11,13H2,1-3H3. The van der Waals surface area contributed by atoms with Crippen molar-refractivity contribution < 1.29 is 22.5 Å². The van der Waals surface area contributed by atoms with Gasteiger partial charge in [-0.05, 0) is 24.1 Å². The number of nitrogens with zero attached hydrogens (tertiary/aromatic N) is 4. The van der Waals surface area contributed by atoms with Crippen LogP contribution < -0.4 is 0 Å². The first-order valence-electron chi connectivity index (χ1n) is 9.64. The smallest absolute Gasteiger partial charge is 0.254 e. The number of sulfonamides is 1. The highest BCUT2D eigenvalue weighted by Gasteiger charge is 2.29. The van der Waals surface area contributed by atoms with Gasteiger partial charge in [0, 0.05) is 32.1 Å². The van der Waals surface area contributed by atoms with Crippen LogP contribution in [-0.2, 0) is 34.1 Å². The molecule has 0 N–H and O–H groups in total. The molecule has 1 aromatic carbocycles. The highest BCUT2D eigenvalue weighted by molar-refractivity contribution is 7.89. The summed E-state index contributed by atoms with van der Waals surface area (Å²) in [5.74, 6) is 0.596. The lowest BCUT2D eigenvalue weighted by molar-refractivity contribution is 0.0729. The van der Waals surface area contributed by atoms with Gasteiger partial charge < -0.3 is 14.2 Å². The van der Waals surface area contributed by atoms with Gasteiger partial charge in [-0.2, -0.15) is 9.29 Å². The number of amides is 1. The Bertz CT molecular complexity index is 967. The third kappa shape index (κ3) is 4.65. The quantitative estimate of drug-likeness (QED) is 0.665. The molecule has 1 aliphatic heterocycles. The first-order valence-corrected chi connectivity index (χ1v) is 11.1. The topological polar surface area (TPSA) is 106 Å². The van der Waals surface area contributed by atoms with Gasteiger partial charge in [0.15, 0.2) is 5.82 Å². The molecule has 2 aromatic rings. The normalized spacial score (nSPS) is 15.4.